The standard InChI is InChI=1S/C15H13FO/c1-10-4-3-5-12(6-10)14-8-15(16)13(9-17)7-11(14)2/h3-9H,1-2H3. The van der Waals surface area contributed by atoms with Crippen molar-refractivity contribution >= 4 is 6.29 Å². The van der Waals surface area contributed by atoms with Crippen LogP contribution in [0.1, 0.15) is 21.5 Å². The van der Waals surface area contributed by atoms with Gasteiger partial charge in [0.05, 0.1) is 5.56 Å². The van der Waals surface area contributed by atoms with Crippen LogP contribution < -0.4 is 0 Å². The minimum atomic E-state index is -0.470. The fraction of sp³-hybridized carbons (Fsp3) is 0.133. The van der Waals surface area contributed by atoms with Gasteiger partial charge in [-0.25, -0.2) is 4.39 Å². The van der Waals surface area contributed by atoms with Crippen LogP contribution in [0.5, 0.6) is 0 Å². The highest BCUT2D eigenvalue weighted by atomic mass is 19.1. The largest absolute Gasteiger partial charge is 0.298 e. The SMILES string of the molecule is Cc1cccc(-c2cc(F)c(C=O)cc2C)c1. The van der Waals surface area contributed by atoms with Gasteiger partial charge in [0, 0.05) is 0 Å². The smallest absolute Gasteiger partial charge is 0.153 e. The van der Waals surface area contributed by atoms with Gasteiger partial charge in [0.15, 0.2) is 6.29 Å². The number of halogens is 1. The molecular formula is C15H13FO. The molecule has 0 saturated heterocycles. The molecule has 0 fully saturated rings. The van der Waals surface area contributed by atoms with Gasteiger partial charge in [-0.2, -0.15) is 0 Å². The van der Waals surface area contributed by atoms with Crippen molar-refractivity contribution in [3.05, 3.63) is 58.9 Å². The monoisotopic (exact) mass is 228 g/mol. The minimum absolute atomic E-state index is 0.110. The van der Waals surface area contributed by atoms with Gasteiger partial charge >= 0.3 is 0 Å². The molecule has 2 rings (SSSR count). The van der Waals surface area contributed by atoms with Crippen molar-refractivity contribution in [3.8, 4) is 11.1 Å². The quantitative estimate of drug-likeness (QED) is 0.712. The molecule has 0 unspecified atom stereocenters. The Balaban J connectivity index is 2.60. The van der Waals surface area contributed by atoms with Gasteiger partial charge in [0.2, 0.25) is 0 Å². The third-order valence-corrected chi connectivity index (χ3v) is 2.80. The normalized spacial score (nSPS) is 10.3. The maximum Gasteiger partial charge on any atom is 0.153 e. The first-order valence-corrected chi connectivity index (χ1v) is 5.44. The topological polar surface area (TPSA) is 17.1 Å². The van der Waals surface area contributed by atoms with Crippen LogP contribution in [0.2, 0.25) is 0 Å². The van der Waals surface area contributed by atoms with Gasteiger partial charge in [-0.15, -0.1) is 0 Å². The summed E-state index contributed by atoms with van der Waals surface area (Å²) in [5, 5.41) is 0. The molecule has 2 heteroatoms. The Morgan fingerprint density at radius 3 is 2.53 bits per heavy atom. The van der Waals surface area contributed by atoms with E-state index in [9.17, 15) is 9.18 Å². The Morgan fingerprint density at radius 1 is 1.12 bits per heavy atom. The van der Waals surface area contributed by atoms with E-state index < -0.39 is 5.82 Å². The van der Waals surface area contributed by atoms with Crippen LogP contribution in [-0.4, -0.2) is 6.29 Å². The highest BCUT2D eigenvalue weighted by molar-refractivity contribution is 5.79. The molecular weight excluding hydrogens is 215 g/mol. The average molecular weight is 228 g/mol. The molecule has 0 saturated carbocycles. The Hall–Kier alpha value is -1.96. The fourth-order valence-electron chi connectivity index (χ4n) is 1.92. The molecule has 0 aromatic heterocycles. The van der Waals surface area contributed by atoms with E-state index >= 15 is 0 Å². The molecule has 2 aromatic carbocycles. The lowest BCUT2D eigenvalue weighted by molar-refractivity contribution is 0.112. The molecule has 0 heterocycles. The molecule has 0 N–H and O–H groups in total. The van der Waals surface area contributed by atoms with Crippen LogP contribution in [0.3, 0.4) is 0 Å². The predicted molar refractivity (Wildman–Crippen MR) is 66.7 cm³/mol. The Bertz CT molecular complexity index is 573. The maximum atomic E-state index is 13.6. The van der Waals surface area contributed by atoms with Crippen LogP contribution in [0.25, 0.3) is 11.1 Å². The molecule has 0 amide bonds. The highest BCUT2D eigenvalue weighted by Gasteiger charge is 2.08. The van der Waals surface area contributed by atoms with Crippen molar-refractivity contribution in [1.29, 1.82) is 0 Å². The maximum absolute atomic E-state index is 13.6. The second kappa shape index (κ2) is 4.50. The lowest BCUT2D eigenvalue weighted by Crippen LogP contribution is -1.92. The van der Waals surface area contributed by atoms with Gasteiger partial charge in [0.25, 0.3) is 0 Å². The van der Waals surface area contributed by atoms with E-state index in [4.69, 9.17) is 0 Å². The molecule has 0 aliphatic rings. The summed E-state index contributed by atoms with van der Waals surface area (Å²) in [6.45, 7) is 3.87. The van der Waals surface area contributed by atoms with E-state index in [1.54, 1.807) is 6.07 Å². The van der Waals surface area contributed by atoms with Crippen molar-refractivity contribution in [3.63, 3.8) is 0 Å². The van der Waals surface area contributed by atoms with Crippen LogP contribution in [0.15, 0.2) is 36.4 Å². The van der Waals surface area contributed by atoms with E-state index in [0.717, 1.165) is 22.3 Å². The number of benzene rings is 2. The van der Waals surface area contributed by atoms with Gasteiger partial charge in [0.1, 0.15) is 5.82 Å². The number of carbonyl (C=O) groups excluding carboxylic acids is 1. The minimum Gasteiger partial charge on any atom is -0.298 e. The summed E-state index contributed by atoms with van der Waals surface area (Å²) < 4.78 is 13.6. The molecule has 1 nitrogen and oxygen atoms in total. The lowest BCUT2D eigenvalue weighted by Gasteiger charge is -2.08. The number of carbonyl (C=O) groups is 1. The number of rotatable bonds is 2. The van der Waals surface area contributed by atoms with Crippen molar-refractivity contribution in [2.24, 2.45) is 0 Å². The number of hydrogen-bond acceptors (Lipinski definition) is 1. The summed E-state index contributed by atoms with van der Waals surface area (Å²) in [5.41, 5.74) is 3.94. The first-order chi connectivity index (χ1) is 8.11. The molecule has 2 aromatic rings. The molecule has 0 bridgehead atoms. The third-order valence-electron chi connectivity index (χ3n) is 2.80. The van der Waals surface area contributed by atoms with Gasteiger partial charge < -0.3 is 0 Å². The second-order valence-corrected chi connectivity index (χ2v) is 4.18. The summed E-state index contributed by atoms with van der Waals surface area (Å²) >= 11 is 0. The van der Waals surface area contributed by atoms with E-state index in [2.05, 4.69) is 0 Å². The second-order valence-electron chi connectivity index (χ2n) is 4.18. The zero-order valence-electron chi connectivity index (χ0n) is 9.83. The first-order valence-electron chi connectivity index (χ1n) is 5.44. The van der Waals surface area contributed by atoms with Crippen LogP contribution >= 0.6 is 0 Å². The molecule has 17 heavy (non-hydrogen) atoms. The van der Waals surface area contributed by atoms with E-state index in [1.807, 2.05) is 38.1 Å². The molecule has 0 spiro atoms. The Morgan fingerprint density at radius 2 is 1.88 bits per heavy atom. The lowest BCUT2D eigenvalue weighted by atomic mass is 9.97. The summed E-state index contributed by atoms with van der Waals surface area (Å²) in [5.74, 6) is -0.470. The number of aryl methyl sites for hydroxylation is 2. The van der Waals surface area contributed by atoms with Crippen molar-refractivity contribution in [2.75, 3.05) is 0 Å². The van der Waals surface area contributed by atoms with Crippen molar-refractivity contribution < 1.29 is 9.18 Å². The Kier molecular flexibility index (Phi) is 3.05. The summed E-state index contributed by atoms with van der Waals surface area (Å²) in [6.07, 6.45) is 0.544. The summed E-state index contributed by atoms with van der Waals surface area (Å²) in [7, 11) is 0. The van der Waals surface area contributed by atoms with E-state index in [1.165, 1.54) is 6.07 Å². The van der Waals surface area contributed by atoms with Gasteiger partial charge in [-0.1, -0.05) is 29.8 Å². The van der Waals surface area contributed by atoms with Gasteiger partial charge in [-0.05, 0) is 42.7 Å². The number of aldehydes is 1. The van der Waals surface area contributed by atoms with Crippen molar-refractivity contribution in [2.45, 2.75) is 13.8 Å². The number of hydrogen-bond donors (Lipinski definition) is 0. The Labute approximate surface area is 99.9 Å². The summed E-state index contributed by atoms with van der Waals surface area (Å²) in [4.78, 5) is 10.6. The molecule has 86 valence electrons. The average Bonchev–Trinajstić information content (AvgIpc) is 2.31. The fourth-order valence-corrected chi connectivity index (χ4v) is 1.92. The predicted octanol–water partition coefficient (Wildman–Crippen LogP) is 3.92. The first kappa shape index (κ1) is 11.5. The van der Waals surface area contributed by atoms with Crippen molar-refractivity contribution in [1.82, 2.24) is 0 Å². The zero-order valence-corrected chi connectivity index (χ0v) is 9.83. The van der Waals surface area contributed by atoms with E-state index in [-0.39, 0.29) is 5.56 Å². The highest BCUT2D eigenvalue weighted by Crippen LogP contribution is 2.26. The van der Waals surface area contributed by atoms with Crippen LogP contribution in [-0.2, 0) is 0 Å². The van der Waals surface area contributed by atoms with Crippen LogP contribution in [0.4, 0.5) is 4.39 Å². The zero-order chi connectivity index (χ0) is 12.4. The molecule has 0 radical (unpaired) electrons. The molecule has 0 aliphatic carbocycles. The summed E-state index contributed by atoms with van der Waals surface area (Å²) in [6, 6.07) is 10.9. The molecule has 0 aliphatic heterocycles. The molecule has 0 atom stereocenters. The van der Waals surface area contributed by atoms with Gasteiger partial charge in [-0.3, -0.25) is 4.79 Å². The van der Waals surface area contributed by atoms with E-state index in [0.29, 0.717) is 6.29 Å². The third kappa shape index (κ3) is 2.26. The van der Waals surface area contributed by atoms with Crippen LogP contribution in [0, 0.1) is 19.7 Å².